The molecule has 6 N–H and O–H groups in total. The minimum atomic E-state index is -4.17. The van der Waals surface area contributed by atoms with Gasteiger partial charge in [-0.3, -0.25) is 4.57 Å². The van der Waals surface area contributed by atoms with E-state index in [1.807, 2.05) is 0 Å². The maximum atomic E-state index is 10.5. The number of nitrogens with zero attached hydrogens (tertiary/aromatic N) is 2. The number of anilines is 2. The van der Waals surface area contributed by atoms with Crippen LogP contribution in [0, 0.1) is 0 Å². The molecule has 106 valence electrons. The van der Waals surface area contributed by atoms with Crippen LogP contribution in [-0.4, -0.2) is 39.3 Å². The van der Waals surface area contributed by atoms with Gasteiger partial charge in [-0.1, -0.05) is 12.7 Å². The number of hydrogen-bond donors (Lipinski definition) is 4. The number of hydrogen-bond acceptors (Lipinski definition) is 7. The van der Waals surface area contributed by atoms with Crippen molar-refractivity contribution in [2.24, 2.45) is 0 Å². The molecule has 0 bridgehead atoms. The van der Waals surface area contributed by atoms with Gasteiger partial charge in [-0.25, -0.2) is 0 Å². The molecule has 0 aliphatic carbocycles. The standard InChI is InChI=1S/C9H15N4O5P/c1-2-6-7(10)12-9(11)13-8(6)18-4-3-17-5-19(14,15)16/h2H,1,3-5H2,(H2,14,15,16)(H4,10,11,12,13). The number of rotatable bonds is 7. The van der Waals surface area contributed by atoms with E-state index in [2.05, 4.69) is 16.5 Å². The average molecular weight is 290 g/mol. The normalized spacial score (nSPS) is 11.3. The van der Waals surface area contributed by atoms with Gasteiger partial charge >= 0.3 is 7.60 Å². The fourth-order valence-electron chi connectivity index (χ4n) is 1.17. The molecule has 0 aliphatic heterocycles. The average Bonchev–Trinajstić information content (AvgIpc) is 2.26. The van der Waals surface area contributed by atoms with Crippen molar-refractivity contribution in [1.29, 1.82) is 0 Å². The molecule has 0 fully saturated rings. The number of nitrogen functional groups attached to an aromatic ring is 2. The summed E-state index contributed by atoms with van der Waals surface area (Å²) in [6, 6.07) is 0. The molecule has 0 atom stereocenters. The molecule has 1 aromatic rings. The fraction of sp³-hybridized carbons (Fsp3) is 0.333. The molecule has 10 heteroatoms. The van der Waals surface area contributed by atoms with Crippen LogP contribution >= 0.6 is 7.60 Å². The molecule has 1 rings (SSSR count). The van der Waals surface area contributed by atoms with Crippen LogP contribution in [0.1, 0.15) is 5.56 Å². The lowest BCUT2D eigenvalue weighted by Gasteiger charge is -2.10. The monoisotopic (exact) mass is 290 g/mol. The number of nitrogens with two attached hydrogens (primary N) is 2. The van der Waals surface area contributed by atoms with E-state index in [-0.39, 0.29) is 30.9 Å². The Labute approximate surface area is 109 Å². The molecule has 0 aromatic carbocycles. The van der Waals surface area contributed by atoms with E-state index in [0.717, 1.165) is 0 Å². The molecule has 0 spiro atoms. The molecule has 0 amide bonds. The largest absolute Gasteiger partial charge is 0.475 e. The maximum absolute atomic E-state index is 10.5. The molecule has 0 saturated carbocycles. The van der Waals surface area contributed by atoms with Crippen molar-refractivity contribution >= 4 is 25.4 Å². The summed E-state index contributed by atoms with van der Waals surface area (Å²) in [5.41, 5.74) is 11.4. The first-order valence-corrected chi connectivity index (χ1v) is 6.94. The second-order valence-corrected chi connectivity index (χ2v) is 5.03. The number of aromatic nitrogens is 2. The van der Waals surface area contributed by atoms with Gasteiger partial charge in [0.2, 0.25) is 11.8 Å². The fourth-order valence-corrected chi connectivity index (χ4v) is 1.53. The van der Waals surface area contributed by atoms with Crippen LogP contribution in [-0.2, 0) is 9.30 Å². The van der Waals surface area contributed by atoms with Gasteiger partial charge in [0.1, 0.15) is 18.8 Å². The zero-order chi connectivity index (χ0) is 14.5. The Morgan fingerprint density at radius 2 is 2.00 bits per heavy atom. The highest BCUT2D eigenvalue weighted by molar-refractivity contribution is 7.51. The van der Waals surface area contributed by atoms with Crippen molar-refractivity contribution < 1.29 is 23.8 Å². The maximum Gasteiger partial charge on any atom is 0.350 e. The lowest BCUT2D eigenvalue weighted by atomic mass is 10.3. The molecule has 0 saturated heterocycles. The second-order valence-electron chi connectivity index (χ2n) is 3.44. The minimum Gasteiger partial charge on any atom is -0.475 e. The summed E-state index contributed by atoms with van der Waals surface area (Å²) in [6.07, 6.45) is 0.749. The van der Waals surface area contributed by atoms with E-state index >= 15 is 0 Å². The lowest BCUT2D eigenvalue weighted by molar-refractivity contribution is 0.118. The zero-order valence-electron chi connectivity index (χ0n) is 10.0. The van der Waals surface area contributed by atoms with E-state index in [4.69, 9.17) is 30.7 Å². The van der Waals surface area contributed by atoms with Gasteiger partial charge in [0.25, 0.3) is 0 Å². The Morgan fingerprint density at radius 3 is 2.58 bits per heavy atom. The van der Waals surface area contributed by atoms with Crippen LogP contribution < -0.4 is 16.2 Å². The van der Waals surface area contributed by atoms with E-state index in [1.165, 1.54) is 6.08 Å². The summed E-state index contributed by atoms with van der Waals surface area (Å²) >= 11 is 0. The lowest BCUT2D eigenvalue weighted by Crippen LogP contribution is -2.11. The van der Waals surface area contributed by atoms with Gasteiger partial charge in [0, 0.05) is 0 Å². The van der Waals surface area contributed by atoms with E-state index < -0.39 is 13.9 Å². The Bertz CT molecular complexity index is 504. The van der Waals surface area contributed by atoms with Crippen molar-refractivity contribution in [3.8, 4) is 5.88 Å². The summed E-state index contributed by atoms with van der Waals surface area (Å²) < 4.78 is 20.5. The Hall–Kier alpha value is -1.67. The van der Waals surface area contributed by atoms with Gasteiger partial charge in [-0.05, 0) is 0 Å². The summed E-state index contributed by atoms with van der Waals surface area (Å²) in [4.78, 5) is 24.7. The van der Waals surface area contributed by atoms with Crippen molar-refractivity contribution in [1.82, 2.24) is 9.97 Å². The predicted molar refractivity (Wildman–Crippen MR) is 69.3 cm³/mol. The molecule has 0 aliphatic rings. The SMILES string of the molecule is C=Cc1c(N)nc(N)nc1OCCOCP(=O)(O)O. The topological polar surface area (TPSA) is 154 Å². The smallest absolute Gasteiger partial charge is 0.350 e. The molecule has 0 radical (unpaired) electrons. The highest BCUT2D eigenvalue weighted by atomic mass is 31.2. The molecule has 1 heterocycles. The van der Waals surface area contributed by atoms with Crippen molar-refractivity contribution in [3.05, 3.63) is 12.1 Å². The first-order chi connectivity index (χ1) is 8.83. The van der Waals surface area contributed by atoms with Crippen LogP contribution in [0.25, 0.3) is 6.08 Å². The molecule has 19 heavy (non-hydrogen) atoms. The highest BCUT2D eigenvalue weighted by Crippen LogP contribution is 2.33. The van der Waals surface area contributed by atoms with Gasteiger partial charge in [0.05, 0.1) is 12.2 Å². The highest BCUT2D eigenvalue weighted by Gasteiger charge is 2.13. The van der Waals surface area contributed by atoms with E-state index in [0.29, 0.717) is 5.56 Å². The summed E-state index contributed by atoms with van der Waals surface area (Å²) in [6.45, 7) is 3.55. The van der Waals surface area contributed by atoms with Crippen LogP contribution in [0.15, 0.2) is 6.58 Å². The first-order valence-electron chi connectivity index (χ1n) is 5.14. The third kappa shape index (κ3) is 5.23. The van der Waals surface area contributed by atoms with Crippen molar-refractivity contribution in [2.45, 2.75) is 0 Å². The quantitative estimate of drug-likeness (QED) is 0.395. The second kappa shape index (κ2) is 6.48. The Kier molecular flexibility index (Phi) is 5.25. The molecule has 9 nitrogen and oxygen atoms in total. The van der Waals surface area contributed by atoms with Crippen molar-refractivity contribution in [2.75, 3.05) is 31.0 Å². The summed E-state index contributed by atoms with van der Waals surface area (Å²) in [7, 11) is -4.17. The predicted octanol–water partition coefficient (Wildman–Crippen LogP) is -0.185. The van der Waals surface area contributed by atoms with Crippen molar-refractivity contribution in [3.63, 3.8) is 0 Å². The van der Waals surface area contributed by atoms with Gasteiger partial charge in [-0.15, -0.1) is 0 Å². The Balaban J connectivity index is 2.54. The van der Waals surface area contributed by atoms with E-state index in [9.17, 15) is 4.57 Å². The molecule has 1 aromatic heterocycles. The van der Waals surface area contributed by atoms with Gasteiger partial charge in [0.15, 0.2) is 0 Å². The molecular formula is C9H15N4O5P. The van der Waals surface area contributed by atoms with Gasteiger partial charge < -0.3 is 30.7 Å². The molecular weight excluding hydrogens is 275 g/mol. The Morgan fingerprint density at radius 1 is 1.32 bits per heavy atom. The van der Waals surface area contributed by atoms with Gasteiger partial charge in [-0.2, -0.15) is 9.97 Å². The summed E-state index contributed by atoms with van der Waals surface area (Å²) in [5.74, 6) is 0.225. The third-order valence-corrected chi connectivity index (χ3v) is 2.41. The van der Waals surface area contributed by atoms with Crippen LogP contribution in [0.2, 0.25) is 0 Å². The first kappa shape index (κ1) is 15.4. The van der Waals surface area contributed by atoms with Crippen LogP contribution in [0.4, 0.5) is 11.8 Å². The molecule has 0 unspecified atom stereocenters. The third-order valence-electron chi connectivity index (χ3n) is 1.89. The number of ether oxygens (including phenoxy) is 2. The van der Waals surface area contributed by atoms with Crippen LogP contribution in [0.5, 0.6) is 5.88 Å². The van der Waals surface area contributed by atoms with E-state index in [1.54, 1.807) is 0 Å². The minimum absolute atomic E-state index is 0.0223. The van der Waals surface area contributed by atoms with Crippen LogP contribution in [0.3, 0.4) is 0 Å². The summed E-state index contributed by atoms with van der Waals surface area (Å²) in [5, 5.41) is 0. The zero-order valence-corrected chi connectivity index (χ0v) is 10.9.